The first-order chi connectivity index (χ1) is 19.1. The second kappa shape index (κ2) is 10.7. The highest BCUT2D eigenvalue weighted by Crippen LogP contribution is 2.33. The minimum atomic E-state index is -4.35. The van der Waals surface area contributed by atoms with Crippen molar-refractivity contribution in [3.63, 3.8) is 0 Å². The number of benzene rings is 3. The van der Waals surface area contributed by atoms with Crippen LogP contribution in [0, 0.1) is 18.6 Å². The summed E-state index contributed by atoms with van der Waals surface area (Å²) in [5, 5.41) is 3.56. The van der Waals surface area contributed by atoms with E-state index in [-0.39, 0.29) is 11.6 Å². The SMILES string of the molecule is C=CC(=O)Nc1ccc(-c2ccnc3ccc(-c4cnc(C)c(NS(=O)(=O)c5ccc(F)cc5F)c4)cc23)cc1. The number of carbonyl (C=O) groups is 1. The highest BCUT2D eigenvalue weighted by molar-refractivity contribution is 7.92. The van der Waals surface area contributed by atoms with Crippen molar-refractivity contribution in [1.29, 1.82) is 0 Å². The van der Waals surface area contributed by atoms with Gasteiger partial charge in [-0.1, -0.05) is 24.8 Å². The third-order valence-corrected chi connectivity index (χ3v) is 7.64. The largest absolute Gasteiger partial charge is 0.323 e. The number of hydrogen-bond donors (Lipinski definition) is 2. The Morgan fingerprint density at radius 2 is 1.65 bits per heavy atom. The van der Waals surface area contributed by atoms with Gasteiger partial charge >= 0.3 is 0 Å². The van der Waals surface area contributed by atoms with E-state index in [0.29, 0.717) is 23.0 Å². The number of rotatable bonds is 7. The molecular weight excluding hydrogens is 534 g/mol. The van der Waals surface area contributed by atoms with E-state index in [4.69, 9.17) is 0 Å². The molecule has 3 aromatic carbocycles. The summed E-state index contributed by atoms with van der Waals surface area (Å²) < 4.78 is 55.6. The van der Waals surface area contributed by atoms with Crippen molar-refractivity contribution in [1.82, 2.24) is 9.97 Å². The maximum atomic E-state index is 14.2. The van der Waals surface area contributed by atoms with E-state index in [0.717, 1.165) is 39.7 Å². The van der Waals surface area contributed by atoms with Crippen LogP contribution >= 0.6 is 0 Å². The third-order valence-electron chi connectivity index (χ3n) is 6.24. The van der Waals surface area contributed by atoms with E-state index in [9.17, 15) is 22.0 Å². The zero-order chi connectivity index (χ0) is 28.4. The lowest BCUT2D eigenvalue weighted by Gasteiger charge is -2.13. The van der Waals surface area contributed by atoms with Crippen molar-refractivity contribution < 1.29 is 22.0 Å². The minimum Gasteiger partial charge on any atom is -0.323 e. The molecule has 200 valence electrons. The molecule has 1 amide bonds. The molecule has 0 bridgehead atoms. The van der Waals surface area contributed by atoms with Crippen molar-refractivity contribution in [2.75, 3.05) is 10.0 Å². The molecule has 2 heterocycles. The zero-order valence-corrected chi connectivity index (χ0v) is 22.0. The monoisotopic (exact) mass is 556 g/mol. The highest BCUT2D eigenvalue weighted by Gasteiger charge is 2.21. The molecule has 0 saturated carbocycles. The van der Waals surface area contributed by atoms with Gasteiger partial charge in [0.2, 0.25) is 5.91 Å². The number of halogens is 2. The molecule has 0 spiro atoms. The Morgan fingerprint density at radius 3 is 2.38 bits per heavy atom. The second-order valence-electron chi connectivity index (χ2n) is 8.90. The molecule has 7 nitrogen and oxygen atoms in total. The van der Waals surface area contributed by atoms with Crippen LogP contribution < -0.4 is 10.0 Å². The maximum absolute atomic E-state index is 14.2. The average Bonchev–Trinajstić information content (AvgIpc) is 2.93. The Kier molecular flexibility index (Phi) is 7.10. The molecular formula is C30H22F2N4O3S. The van der Waals surface area contributed by atoms with Gasteiger partial charge in [-0.05, 0) is 78.2 Å². The topological polar surface area (TPSA) is 101 Å². The quantitative estimate of drug-likeness (QED) is 0.224. The van der Waals surface area contributed by atoms with E-state index in [1.54, 1.807) is 37.5 Å². The predicted octanol–water partition coefficient (Wildman–Crippen LogP) is 6.48. The van der Waals surface area contributed by atoms with Gasteiger partial charge in [0.25, 0.3) is 10.0 Å². The van der Waals surface area contributed by atoms with Crippen LogP contribution in [0.1, 0.15) is 5.69 Å². The fourth-order valence-electron chi connectivity index (χ4n) is 4.19. The number of anilines is 2. The third kappa shape index (κ3) is 5.43. The number of fused-ring (bicyclic) bond motifs is 1. The molecule has 0 saturated heterocycles. The number of hydrogen-bond acceptors (Lipinski definition) is 5. The molecule has 5 rings (SSSR count). The van der Waals surface area contributed by atoms with Crippen LogP contribution in [0.4, 0.5) is 20.2 Å². The highest BCUT2D eigenvalue weighted by atomic mass is 32.2. The number of pyridine rings is 2. The van der Waals surface area contributed by atoms with E-state index < -0.39 is 26.6 Å². The summed E-state index contributed by atoms with van der Waals surface area (Å²) in [6.45, 7) is 5.07. The summed E-state index contributed by atoms with van der Waals surface area (Å²) in [7, 11) is -4.35. The molecule has 2 N–H and O–H groups in total. The van der Waals surface area contributed by atoms with Crippen LogP contribution in [-0.2, 0) is 14.8 Å². The number of sulfonamides is 1. The summed E-state index contributed by atoms with van der Waals surface area (Å²) in [5.74, 6) is -2.38. The number of amides is 1. The first-order valence-electron chi connectivity index (χ1n) is 12.0. The molecule has 40 heavy (non-hydrogen) atoms. The number of nitrogens with one attached hydrogen (secondary N) is 2. The van der Waals surface area contributed by atoms with Gasteiger partial charge in [0.15, 0.2) is 0 Å². The van der Waals surface area contributed by atoms with E-state index in [1.165, 1.54) is 6.08 Å². The van der Waals surface area contributed by atoms with Crippen LogP contribution in [0.15, 0.2) is 103 Å². The minimum absolute atomic E-state index is 0.157. The smallest absolute Gasteiger partial charge is 0.264 e. The maximum Gasteiger partial charge on any atom is 0.264 e. The fraction of sp³-hybridized carbons (Fsp3) is 0.0333. The first-order valence-corrected chi connectivity index (χ1v) is 13.5. The standard InChI is InChI=1S/C30H22F2N4O3S/c1-3-30(37)35-23-8-4-19(5-9-23)24-12-13-33-27-10-6-20(14-25(24)27)21-15-28(18(2)34-17-21)36-40(38,39)29-11-7-22(31)16-26(29)32/h3-17,36H,1H2,2H3,(H,35,37). The average molecular weight is 557 g/mol. The van der Waals surface area contributed by atoms with Gasteiger partial charge in [0.05, 0.1) is 16.9 Å². The fourth-order valence-corrected chi connectivity index (χ4v) is 5.36. The van der Waals surface area contributed by atoms with Crippen LogP contribution in [0.25, 0.3) is 33.2 Å². The Balaban J connectivity index is 1.51. The molecule has 0 radical (unpaired) electrons. The predicted molar refractivity (Wildman–Crippen MR) is 151 cm³/mol. The second-order valence-corrected chi connectivity index (χ2v) is 10.5. The Bertz CT molecular complexity index is 1890. The van der Waals surface area contributed by atoms with Crippen LogP contribution in [-0.4, -0.2) is 24.3 Å². The lowest BCUT2D eigenvalue weighted by molar-refractivity contribution is -0.111. The van der Waals surface area contributed by atoms with Crippen LogP contribution in [0.3, 0.4) is 0 Å². The Labute approximate surface area is 229 Å². The number of carbonyl (C=O) groups excluding carboxylic acids is 1. The van der Waals surface area contributed by atoms with Gasteiger partial charge in [0, 0.05) is 35.1 Å². The van der Waals surface area contributed by atoms with Gasteiger partial charge in [-0.15, -0.1) is 0 Å². The van der Waals surface area contributed by atoms with E-state index in [2.05, 4.69) is 26.6 Å². The van der Waals surface area contributed by atoms with E-state index in [1.807, 2.05) is 36.4 Å². The Morgan fingerprint density at radius 1 is 0.900 bits per heavy atom. The molecule has 0 unspecified atom stereocenters. The van der Waals surface area contributed by atoms with Gasteiger partial charge in [-0.25, -0.2) is 17.2 Å². The van der Waals surface area contributed by atoms with Crippen molar-refractivity contribution in [2.24, 2.45) is 0 Å². The summed E-state index contributed by atoms with van der Waals surface area (Å²) >= 11 is 0. The summed E-state index contributed by atoms with van der Waals surface area (Å²) in [6, 6.07) is 18.7. The summed E-state index contributed by atoms with van der Waals surface area (Å²) in [6.07, 6.45) is 4.52. The van der Waals surface area contributed by atoms with E-state index >= 15 is 0 Å². The van der Waals surface area contributed by atoms with Crippen LogP contribution in [0.2, 0.25) is 0 Å². The molecule has 2 aromatic heterocycles. The molecule has 0 aliphatic carbocycles. The summed E-state index contributed by atoms with van der Waals surface area (Å²) in [5.41, 5.74) is 5.08. The van der Waals surface area contributed by atoms with Crippen molar-refractivity contribution in [3.8, 4) is 22.3 Å². The van der Waals surface area contributed by atoms with Gasteiger partial charge < -0.3 is 5.32 Å². The zero-order valence-electron chi connectivity index (χ0n) is 21.2. The molecule has 10 heteroatoms. The number of aromatic nitrogens is 2. The Hall–Kier alpha value is -4.96. The van der Waals surface area contributed by atoms with Crippen molar-refractivity contribution in [2.45, 2.75) is 11.8 Å². The van der Waals surface area contributed by atoms with Gasteiger partial charge in [0.1, 0.15) is 16.5 Å². The summed E-state index contributed by atoms with van der Waals surface area (Å²) in [4.78, 5) is 19.7. The number of nitrogens with zero attached hydrogens (tertiary/aromatic N) is 2. The molecule has 0 fully saturated rings. The van der Waals surface area contributed by atoms with Crippen LogP contribution in [0.5, 0.6) is 0 Å². The molecule has 5 aromatic rings. The van der Waals surface area contributed by atoms with Crippen molar-refractivity contribution in [3.05, 3.63) is 115 Å². The molecule has 0 atom stereocenters. The normalized spacial score (nSPS) is 11.3. The van der Waals surface area contributed by atoms with Crippen molar-refractivity contribution >= 4 is 38.2 Å². The number of aryl methyl sites for hydroxylation is 1. The lowest BCUT2D eigenvalue weighted by atomic mass is 9.97. The molecule has 0 aliphatic heterocycles. The lowest BCUT2D eigenvalue weighted by Crippen LogP contribution is -2.16. The first kappa shape index (κ1) is 26.6. The van der Waals surface area contributed by atoms with Gasteiger partial charge in [-0.2, -0.15) is 0 Å². The molecule has 0 aliphatic rings. The van der Waals surface area contributed by atoms with Gasteiger partial charge in [-0.3, -0.25) is 19.5 Å².